The van der Waals surface area contributed by atoms with Gasteiger partial charge in [0.1, 0.15) is 0 Å². The van der Waals surface area contributed by atoms with Crippen LogP contribution in [0.15, 0.2) is 42.2 Å². The van der Waals surface area contributed by atoms with Gasteiger partial charge in [-0.25, -0.2) is 0 Å². The molecular weight excluding hydrogens is 368 g/mol. The minimum absolute atomic E-state index is 0.0847. The quantitative estimate of drug-likeness (QED) is 0.324. The highest BCUT2D eigenvalue weighted by atomic mass is 16.4. The molecule has 5 nitrogen and oxygen atoms in total. The summed E-state index contributed by atoms with van der Waals surface area (Å²) in [5.41, 5.74) is 2.32. The minimum Gasteiger partial charge on any atom is -0.504 e. The molecule has 0 heterocycles. The SMILES string of the molecule is CCCCCC(O)c1ccc(C2=C(O)C(=O)C[C@@H]2C/C=C\CCCC(=O)O)cc1. The second kappa shape index (κ2) is 11.6. The van der Waals surface area contributed by atoms with Crippen LogP contribution in [0.3, 0.4) is 0 Å². The lowest BCUT2D eigenvalue weighted by Gasteiger charge is -2.15. The Bertz CT molecular complexity index is 745. The molecule has 1 aliphatic rings. The van der Waals surface area contributed by atoms with E-state index in [1.54, 1.807) is 0 Å². The zero-order chi connectivity index (χ0) is 21.2. The van der Waals surface area contributed by atoms with E-state index in [-0.39, 0.29) is 30.3 Å². The average molecular weight is 401 g/mol. The van der Waals surface area contributed by atoms with Crippen molar-refractivity contribution in [3.05, 3.63) is 53.3 Å². The summed E-state index contributed by atoms with van der Waals surface area (Å²) in [7, 11) is 0. The Kier molecular flexibility index (Phi) is 9.13. The number of carbonyl (C=O) groups excluding carboxylic acids is 1. The molecule has 1 aromatic rings. The first kappa shape index (κ1) is 22.9. The second-order valence-corrected chi connectivity index (χ2v) is 7.71. The van der Waals surface area contributed by atoms with Gasteiger partial charge < -0.3 is 15.3 Å². The molecule has 0 saturated heterocycles. The monoisotopic (exact) mass is 400 g/mol. The summed E-state index contributed by atoms with van der Waals surface area (Å²) in [6.07, 6.45) is 9.67. The number of hydrogen-bond donors (Lipinski definition) is 3. The first-order chi connectivity index (χ1) is 13.9. The third-order valence-corrected chi connectivity index (χ3v) is 5.40. The van der Waals surface area contributed by atoms with Gasteiger partial charge >= 0.3 is 5.97 Å². The number of unbranched alkanes of at least 4 members (excludes halogenated alkanes) is 3. The lowest BCUT2D eigenvalue weighted by atomic mass is 9.90. The number of carbonyl (C=O) groups is 2. The maximum absolute atomic E-state index is 12.1. The highest BCUT2D eigenvalue weighted by molar-refractivity contribution is 6.05. The summed E-state index contributed by atoms with van der Waals surface area (Å²) in [4.78, 5) is 22.6. The summed E-state index contributed by atoms with van der Waals surface area (Å²) >= 11 is 0. The number of aliphatic carboxylic acids is 1. The fourth-order valence-electron chi connectivity index (χ4n) is 3.73. The van der Waals surface area contributed by atoms with E-state index in [4.69, 9.17) is 5.11 Å². The highest BCUT2D eigenvalue weighted by Crippen LogP contribution is 2.38. The van der Waals surface area contributed by atoms with Crippen LogP contribution in [0.2, 0.25) is 0 Å². The van der Waals surface area contributed by atoms with Gasteiger partial charge in [-0.1, -0.05) is 62.6 Å². The number of aliphatic hydroxyl groups is 2. The zero-order valence-corrected chi connectivity index (χ0v) is 17.1. The smallest absolute Gasteiger partial charge is 0.303 e. The van der Waals surface area contributed by atoms with Crippen LogP contribution in [0, 0.1) is 5.92 Å². The molecule has 158 valence electrons. The van der Waals surface area contributed by atoms with Crippen molar-refractivity contribution in [3.8, 4) is 0 Å². The molecule has 0 aliphatic heterocycles. The molecule has 0 radical (unpaired) electrons. The van der Waals surface area contributed by atoms with Crippen molar-refractivity contribution >= 4 is 17.3 Å². The van der Waals surface area contributed by atoms with Crippen LogP contribution in [-0.2, 0) is 9.59 Å². The number of rotatable bonds is 12. The lowest BCUT2D eigenvalue weighted by molar-refractivity contribution is -0.137. The fourth-order valence-corrected chi connectivity index (χ4v) is 3.73. The molecule has 0 amide bonds. The van der Waals surface area contributed by atoms with Crippen LogP contribution in [0.25, 0.3) is 5.57 Å². The van der Waals surface area contributed by atoms with Gasteiger partial charge in [-0.05, 0) is 42.7 Å². The number of aliphatic hydroxyl groups excluding tert-OH is 2. The van der Waals surface area contributed by atoms with E-state index in [0.29, 0.717) is 24.8 Å². The van der Waals surface area contributed by atoms with E-state index in [1.165, 1.54) is 0 Å². The predicted octanol–water partition coefficient (Wildman–Crippen LogP) is 5.36. The Hall–Kier alpha value is -2.40. The number of carboxylic acid groups (broad SMARTS) is 1. The molecule has 0 saturated carbocycles. The Morgan fingerprint density at radius 3 is 2.55 bits per heavy atom. The van der Waals surface area contributed by atoms with Gasteiger partial charge in [0.15, 0.2) is 11.5 Å². The molecule has 0 spiro atoms. The molecular formula is C24H32O5. The van der Waals surface area contributed by atoms with Crippen molar-refractivity contribution in [2.75, 3.05) is 0 Å². The van der Waals surface area contributed by atoms with Gasteiger partial charge in [-0.2, -0.15) is 0 Å². The third kappa shape index (κ3) is 6.86. The van der Waals surface area contributed by atoms with Crippen molar-refractivity contribution < 1.29 is 24.9 Å². The topological polar surface area (TPSA) is 94.8 Å². The summed E-state index contributed by atoms with van der Waals surface area (Å²) in [5.74, 6) is -1.29. The molecule has 3 N–H and O–H groups in total. The number of hydrogen-bond acceptors (Lipinski definition) is 4. The molecule has 1 unspecified atom stereocenters. The molecule has 0 fully saturated rings. The van der Waals surface area contributed by atoms with Gasteiger partial charge in [0.25, 0.3) is 0 Å². The van der Waals surface area contributed by atoms with Crippen LogP contribution in [0.4, 0.5) is 0 Å². The Balaban J connectivity index is 2.01. The second-order valence-electron chi connectivity index (χ2n) is 7.71. The summed E-state index contributed by atoms with van der Waals surface area (Å²) in [6.45, 7) is 2.13. The van der Waals surface area contributed by atoms with Crippen LogP contribution in [-0.4, -0.2) is 27.1 Å². The minimum atomic E-state index is -0.797. The normalized spacial score (nSPS) is 18.0. The summed E-state index contributed by atoms with van der Waals surface area (Å²) in [6, 6.07) is 7.47. The standard InChI is InChI=1S/C24H32O5/c1-2-3-6-10-20(25)17-12-14-18(15-13-17)23-19(16-21(26)24(23)29)9-7-4-5-8-11-22(27)28/h4,7,12-15,19-20,25,29H,2-3,5-6,8-11,16H2,1H3,(H,27,28)/b7-4-/t19-,20?/m0/s1. The van der Waals surface area contributed by atoms with Gasteiger partial charge in [-0.3, -0.25) is 9.59 Å². The average Bonchev–Trinajstić information content (AvgIpc) is 2.98. The van der Waals surface area contributed by atoms with Crippen LogP contribution < -0.4 is 0 Å². The number of Topliss-reactive ketones (excluding diaryl/α,β-unsaturated/α-hetero) is 1. The van der Waals surface area contributed by atoms with Crippen molar-refractivity contribution in [3.63, 3.8) is 0 Å². The van der Waals surface area contributed by atoms with Crippen LogP contribution in [0.1, 0.15) is 81.9 Å². The van der Waals surface area contributed by atoms with Crippen LogP contribution >= 0.6 is 0 Å². The number of benzene rings is 1. The molecule has 1 aliphatic carbocycles. The summed E-state index contributed by atoms with van der Waals surface area (Å²) in [5, 5.41) is 29.3. The molecule has 29 heavy (non-hydrogen) atoms. The van der Waals surface area contributed by atoms with Gasteiger partial charge in [-0.15, -0.1) is 0 Å². The zero-order valence-electron chi connectivity index (χ0n) is 17.1. The van der Waals surface area contributed by atoms with E-state index in [0.717, 1.165) is 36.8 Å². The first-order valence-corrected chi connectivity index (χ1v) is 10.6. The third-order valence-electron chi connectivity index (χ3n) is 5.40. The van der Waals surface area contributed by atoms with Gasteiger partial charge in [0, 0.05) is 18.4 Å². The van der Waals surface area contributed by atoms with Crippen molar-refractivity contribution in [1.29, 1.82) is 0 Å². The van der Waals surface area contributed by atoms with Crippen LogP contribution in [0.5, 0.6) is 0 Å². The molecule has 1 aromatic carbocycles. The van der Waals surface area contributed by atoms with Gasteiger partial charge in [0.2, 0.25) is 0 Å². The molecule has 0 aromatic heterocycles. The highest BCUT2D eigenvalue weighted by Gasteiger charge is 2.32. The number of carboxylic acids is 1. The first-order valence-electron chi connectivity index (χ1n) is 10.6. The molecule has 5 heteroatoms. The lowest BCUT2D eigenvalue weighted by Crippen LogP contribution is -2.01. The number of ketones is 1. The van der Waals surface area contributed by atoms with E-state index >= 15 is 0 Å². The van der Waals surface area contributed by atoms with Crippen molar-refractivity contribution in [2.24, 2.45) is 5.92 Å². The number of allylic oxidation sites excluding steroid dienone is 4. The summed E-state index contributed by atoms with van der Waals surface area (Å²) < 4.78 is 0. The molecule has 2 atom stereocenters. The fraction of sp³-hybridized carbons (Fsp3) is 0.500. The van der Waals surface area contributed by atoms with Crippen molar-refractivity contribution in [1.82, 2.24) is 0 Å². The Morgan fingerprint density at radius 1 is 1.17 bits per heavy atom. The van der Waals surface area contributed by atoms with E-state index in [9.17, 15) is 19.8 Å². The Morgan fingerprint density at radius 2 is 1.90 bits per heavy atom. The largest absolute Gasteiger partial charge is 0.504 e. The maximum atomic E-state index is 12.1. The molecule has 2 rings (SSSR count). The Labute approximate surface area is 172 Å². The maximum Gasteiger partial charge on any atom is 0.303 e. The van der Waals surface area contributed by atoms with E-state index in [2.05, 4.69) is 6.92 Å². The van der Waals surface area contributed by atoms with Gasteiger partial charge in [0.05, 0.1) is 6.10 Å². The van der Waals surface area contributed by atoms with Crippen molar-refractivity contribution in [2.45, 2.75) is 70.8 Å². The molecule has 0 bridgehead atoms. The predicted molar refractivity (Wildman–Crippen MR) is 113 cm³/mol. The van der Waals surface area contributed by atoms with E-state index in [1.807, 2.05) is 36.4 Å². The van der Waals surface area contributed by atoms with E-state index < -0.39 is 12.1 Å².